The number of anilines is 2. The van der Waals surface area contributed by atoms with Crippen molar-refractivity contribution >= 4 is 39.8 Å². The molecule has 0 spiro atoms. The standard InChI is InChI=1S/C14H16ClN5OS/c1-9-7-16-14(22-9)17-13(21)10-3-2-6-20(8-10)12-5-4-11(15)18-19-12/h4-5,7,10H,2-3,6,8H2,1H3,(H,16,17,21)/t10-/m0/s1. The fraction of sp³-hybridized carbons (Fsp3) is 0.429. The Bertz CT molecular complexity index is 660. The van der Waals surface area contributed by atoms with Gasteiger partial charge in [0.05, 0.1) is 5.92 Å². The fourth-order valence-electron chi connectivity index (χ4n) is 2.50. The van der Waals surface area contributed by atoms with Crippen LogP contribution in [0.4, 0.5) is 10.9 Å². The number of carbonyl (C=O) groups excluding carboxylic acids is 1. The third-order valence-corrected chi connectivity index (χ3v) is 4.62. The van der Waals surface area contributed by atoms with E-state index in [2.05, 4.69) is 25.4 Å². The van der Waals surface area contributed by atoms with Crippen molar-refractivity contribution in [2.75, 3.05) is 23.3 Å². The number of amides is 1. The maximum absolute atomic E-state index is 12.4. The van der Waals surface area contributed by atoms with Crippen LogP contribution in [0.5, 0.6) is 0 Å². The molecule has 0 saturated carbocycles. The summed E-state index contributed by atoms with van der Waals surface area (Å²) in [5.74, 6) is 0.698. The van der Waals surface area contributed by atoms with Crippen LogP contribution < -0.4 is 10.2 Å². The molecule has 3 rings (SSSR count). The van der Waals surface area contributed by atoms with Crippen molar-refractivity contribution in [3.63, 3.8) is 0 Å². The number of hydrogen-bond donors (Lipinski definition) is 1. The molecule has 1 amide bonds. The normalized spacial score (nSPS) is 18.3. The molecule has 1 fully saturated rings. The summed E-state index contributed by atoms with van der Waals surface area (Å²) in [4.78, 5) is 19.7. The Hall–Kier alpha value is -1.73. The number of aryl methyl sites for hydroxylation is 1. The van der Waals surface area contributed by atoms with Gasteiger partial charge >= 0.3 is 0 Å². The minimum atomic E-state index is -0.0737. The van der Waals surface area contributed by atoms with Gasteiger partial charge in [0.2, 0.25) is 5.91 Å². The zero-order valence-electron chi connectivity index (χ0n) is 12.1. The minimum Gasteiger partial charge on any atom is -0.354 e. The molecular formula is C14H16ClN5OS. The third-order valence-electron chi connectivity index (χ3n) is 3.59. The van der Waals surface area contributed by atoms with Gasteiger partial charge < -0.3 is 10.2 Å². The van der Waals surface area contributed by atoms with Gasteiger partial charge in [0, 0.05) is 24.2 Å². The van der Waals surface area contributed by atoms with Crippen LogP contribution in [0, 0.1) is 12.8 Å². The summed E-state index contributed by atoms with van der Waals surface area (Å²) >= 11 is 7.25. The van der Waals surface area contributed by atoms with Crippen LogP contribution in [0.15, 0.2) is 18.3 Å². The van der Waals surface area contributed by atoms with Crippen LogP contribution in [0.1, 0.15) is 17.7 Å². The number of nitrogens with one attached hydrogen (secondary N) is 1. The molecule has 22 heavy (non-hydrogen) atoms. The Morgan fingerprint density at radius 1 is 1.45 bits per heavy atom. The van der Waals surface area contributed by atoms with Crippen molar-refractivity contribution in [1.29, 1.82) is 0 Å². The molecule has 1 N–H and O–H groups in total. The van der Waals surface area contributed by atoms with Crippen molar-refractivity contribution in [3.8, 4) is 0 Å². The average Bonchev–Trinajstić information content (AvgIpc) is 2.93. The van der Waals surface area contributed by atoms with Gasteiger partial charge in [-0.3, -0.25) is 4.79 Å². The van der Waals surface area contributed by atoms with Crippen molar-refractivity contribution in [1.82, 2.24) is 15.2 Å². The lowest BCUT2D eigenvalue weighted by Crippen LogP contribution is -2.41. The summed E-state index contributed by atoms with van der Waals surface area (Å²) in [5.41, 5.74) is 0. The predicted molar refractivity (Wildman–Crippen MR) is 87.5 cm³/mol. The summed E-state index contributed by atoms with van der Waals surface area (Å²) < 4.78 is 0. The van der Waals surface area contributed by atoms with E-state index in [0.717, 1.165) is 30.1 Å². The van der Waals surface area contributed by atoms with Gasteiger partial charge in [-0.1, -0.05) is 11.6 Å². The molecule has 1 aliphatic heterocycles. The molecule has 0 radical (unpaired) electrons. The molecule has 6 nitrogen and oxygen atoms in total. The number of piperidine rings is 1. The molecule has 3 heterocycles. The number of halogens is 1. The van der Waals surface area contributed by atoms with Crippen LogP contribution in [0.3, 0.4) is 0 Å². The van der Waals surface area contributed by atoms with E-state index >= 15 is 0 Å². The van der Waals surface area contributed by atoms with Gasteiger partial charge in [-0.25, -0.2) is 4.98 Å². The monoisotopic (exact) mass is 337 g/mol. The predicted octanol–water partition coefficient (Wildman–Crippen LogP) is 2.75. The largest absolute Gasteiger partial charge is 0.354 e. The van der Waals surface area contributed by atoms with Gasteiger partial charge in [-0.15, -0.1) is 21.5 Å². The molecule has 2 aromatic heterocycles. The van der Waals surface area contributed by atoms with E-state index in [0.29, 0.717) is 16.8 Å². The number of carbonyl (C=O) groups is 1. The van der Waals surface area contributed by atoms with Gasteiger partial charge in [0.15, 0.2) is 16.1 Å². The van der Waals surface area contributed by atoms with Gasteiger partial charge in [0.25, 0.3) is 0 Å². The molecule has 0 unspecified atom stereocenters. The van der Waals surface area contributed by atoms with Gasteiger partial charge in [-0.2, -0.15) is 0 Å². The number of rotatable bonds is 3. The maximum atomic E-state index is 12.4. The molecule has 0 bridgehead atoms. The van der Waals surface area contributed by atoms with E-state index < -0.39 is 0 Å². The topological polar surface area (TPSA) is 71.0 Å². The van der Waals surface area contributed by atoms with Crippen LogP contribution in [-0.4, -0.2) is 34.2 Å². The molecule has 8 heteroatoms. The van der Waals surface area contributed by atoms with Crippen LogP contribution in [0.25, 0.3) is 0 Å². The zero-order valence-corrected chi connectivity index (χ0v) is 13.7. The van der Waals surface area contributed by atoms with Crippen LogP contribution in [0.2, 0.25) is 5.15 Å². The zero-order chi connectivity index (χ0) is 15.5. The summed E-state index contributed by atoms with van der Waals surface area (Å²) in [7, 11) is 0. The highest BCUT2D eigenvalue weighted by molar-refractivity contribution is 7.15. The van der Waals surface area contributed by atoms with Crippen molar-refractivity contribution in [3.05, 3.63) is 28.4 Å². The lowest BCUT2D eigenvalue weighted by Gasteiger charge is -2.32. The molecule has 116 valence electrons. The van der Waals surface area contributed by atoms with Crippen LogP contribution >= 0.6 is 22.9 Å². The summed E-state index contributed by atoms with van der Waals surface area (Å²) in [6.45, 7) is 3.47. The number of hydrogen-bond acceptors (Lipinski definition) is 6. The second-order valence-corrected chi connectivity index (χ2v) is 6.89. The quantitative estimate of drug-likeness (QED) is 0.932. The second kappa shape index (κ2) is 6.58. The Kier molecular flexibility index (Phi) is 4.54. The van der Waals surface area contributed by atoms with Crippen molar-refractivity contribution < 1.29 is 4.79 Å². The Balaban J connectivity index is 1.64. The smallest absolute Gasteiger partial charge is 0.231 e. The Labute approximate surface area is 137 Å². The van der Waals surface area contributed by atoms with Gasteiger partial charge in [0.1, 0.15) is 0 Å². The summed E-state index contributed by atoms with van der Waals surface area (Å²) in [6.07, 6.45) is 3.57. The van der Waals surface area contributed by atoms with E-state index in [9.17, 15) is 4.79 Å². The highest BCUT2D eigenvalue weighted by Gasteiger charge is 2.27. The van der Waals surface area contributed by atoms with Crippen molar-refractivity contribution in [2.24, 2.45) is 5.92 Å². The van der Waals surface area contributed by atoms with Crippen molar-refractivity contribution in [2.45, 2.75) is 19.8 Å². The summed E-state index contributed by atoms with van der Waals surface area (Å²) in [6, 6.07) is 3.55. The third kappa shape index (κ3) is 3.53. The minimum absolute atomic E-state index is 0.0148. The van der Waals surface area contributed by atoms with Crippen LogP contribution in [-0.2, 0) is 4.79 Å². The molecule has 1 atom stereocenters. The average molecular weight is 338 g/mol. The van der Waals surface area contributed by atoms with E-state index in [1.54, 1.807) is 12.3 Å². The number of nitrogens with zero attached hydrogens (tertiary/aromatic N) is 4. The lowest BCUT2D eigenvalue weighted by atomic mass is 9.97. The molecular weight excluding hydrogens is 322 g/mol. The van der Waals surface area contributed by atoms with Gasteiger partial charge in [-0.05, 0) is 31.9 Å². The first kappa shape index (κ1) is 15.2. The summed E-state index contributed by atoms with van der Waals surface area (Å²) in [5, 5.41) is 11.9. The van der Waals surface area contributed by atoms with E-state index in [1.165, 1.54) is 11.3 Å². The fourth-order valence-corrected chi connectivity index (χ4v) is 3.27. The Morgan fingerprint density at radius 2 is 2.32 bits per heavy atom. The van der Waals surface area contributed by atoms with E-state index in [-0.39, 0.29) is 11.8 Å². The Morgan fingerprint density at radius 3 is 3.00 bits per heavy atom. The lowest BCUT2D eigenvalue weighted by molar-refractivity contribution is -0.120. The van der Waals surface area contributed by atoms with E-state index in [4.69, 9.17) is 11.6 Å². The molecule has 2 aromatic rings. The SMILES string of the molecule is Cc1cnc(NC(=O)[C@H]2CCCN(c3ccc(Cl)nn3)C2)s1. The first-order chi connectivity index (χ1) is 10.6. The number of thiazole rings is 1. The molecule has 0 aliphatic carbocycles. The second-order valence-electron chi connectivity index (χ2n) is 5.26. The first-order valence-electron chi connectivity index (χ1n) is 7.09. The molecule has 1 aliphatic rings. The molecule has 1 saturated heterocycles. The van der Waals surface area contributed by atoms with E-state index in [1.807, 2.05) is 13.0 Å². The first-order valence-corrected chi connectivity index (χ1v) is 8.29. The highest BCUT2D eigenvalue weighted by Crippen LogP contribution is 2.24. The highest BCUT2D eigenvalue weighted by atomic mass is 35.5. The number of aromatic nitrogens is 3. The maximum Gasteiger partial charge on any atom is 0.231 e. The molecule has 0 aromatic carbocycles.